The molecule has 2 N–H and O–H groups in total. The average molecular weight is 207 g/mol. The largest absolute Gasteiger partial charge is 0.391 e. The van der Waals surface area contributed by atoms with E-state index in [-0.39, 0.29) is 5.41 Å². The molecule has 2 rings (SSSR count). The van der Waals surface area contributed by atoms with Crippen molar-refractivity contribution in [2.24, 2.45) is 23.0 Å². The van der Waals surface area contributed by atoms with Crippen LogP contribution in [0.5, 0.6) is 0 Å². The first kappa shape index (κ1) is 10.3. The zero-order chi connectivity index (χ0) is 10.4. The van der Waals surface area contributed by atoms with Crippen LogP contribution in [0.4, 0.5) is 13.2 Å². The lowest BCUT2D eigenvalue weighted by molar-refractivity contribution is -0.187. The van der Waals surface area contributed by atoms with Crippen molar-refractivity contribution in [2.45, 2.75) is 38.3 Å². The van der Waals surface area contributed by atoms with Gasteiger partial charge in [-0.3, -0.25) is 0 Å². The molecule has 82 valence electrons. The number of hydrogen-bond donors (Lipinski definition) is 1. The quantitative estimate of drug-likeness (QED) is 0.703. The van der Waals surface area contributed by atoms with Crippen LogP contribution in [0.15, 0.2) is 0 Å². The zero-order valence-electron chi connectivity index (χ0n) is 8.11. The second-order valence-electron chi connectivity index (χ2n) is 4.83. The number of hydrogen-bond acceptors (Lipinski definition) is 1. The first-order valence-electron chi connectivity index (χ1n) is 5.25. The van der Waals surface area contributed by atoms with Gasteiger partial charge in [0.05, 0.1) is 5.92 Å². The smallest absolute Gasteiger partial charge is 0.330 e. The van der Waals surface area contributed by atoms with Crippen LogP contribution in [0.25, 0.3) is 0 Å². The fourth-order valence-electron chi connectivity index (χ4n) is 3.00. The first-order valence-corrected chi connectivity index (χ1v) is 5.25. The minimum atomic E-state index is -3.99. The van der Waals surface area contributed by atoms with Crippen molar-refractivity contribution in [3.8, 4) is 0 Å². The lowest BCUT2D eigenvalue weighted by atomic mass is 9.77. The average Bonchev–Trinajstić information content (AvgIpc) is 2.77. The zero-order valence-corrected chi connectivity index (χ0v) is 8.11. The van der Waals surface area contributed by atoms with Gasteiger partial charge in [-0.25, -0.2) is 0 Å². The van der Waals surface area contributed by atoms with Gasteiger partial charge in [0.2, 0.25) is 0 Å². The molecule has 2 saturated carbocycles. The number of nitrogens with two attached hydrogens (primary N) is 1. The van der Waals surface area contributed by atoms with E-state index in [0.29, 0.717) is 25.3 Å². The Balaban J connectivity index is 1.99. The maximum absolute atomic E-state index is 12.5. The standard InChI is InChI=1S/C10H16F3N/c11-10(12,13)7-2-1-3-9(4-7)5-8(9)6-14/h7-8H,1-6,14H2. The van der Waals surface area contributed by atoms with Crippen LogP contribution in [0.1, 0.15) is 32.1 Å². The summed E-state index contributed by atoms with van der Waals surface area (Å²) in [5, 5.41) is 0. The molecule has 0 aromatic heterocycles. The second kappa shape index (κ2) is 3.12. The van der Waals surface area contributed by atoms with Gasteiger partial charge in [-0.15, -0.1) is 0 Å². The topological polar surface area (TPSA) is 26.0 Å². The molecule has 0 heterocycles. The van der Waals surface area contributed by atoms with E-state index in [4.69, 9.17) is 5.73 Å². The Morgan fingerprint density at radius 1 is 1.29 bits per heavy atom. The van der Waals surface area contributed by atoms with E-state index in [2.05, 4.69) is 0 Å². The van der Waals surface area contributed by atoms with Crippen LogP contribution < -0.4 is 5.73 Å². The monoisotopic (exact) mass is 207 g/mol. The molecule has 3 unspecified atom stereocenters. The molecule has 2 fully saturated rings. The van der Waals surface area contributed by atoms with Crippen LogP contribution in [0, 0.1) is 17.3 Å². The molecular formula is C10H16F3N. The fraction of sp³-hybridized carbons (Fsp3) is 1.00. The Bertz CT molecular complexity index is 226. The summed E-state index contributed by atoms with van der Waals surface area (Å²) in [4.78, 5) is 0. The molecule has 0 aliphatic heterocycles. The van der Waals surface area contributed by atoms with E-state index in [1.54, 1.807) is 0 Å². The van der Waals surface area contributed by atoms with Crippen molar-refractivity contribution < 1.29 is 13.2 Å². The van der Waals surface area contributed by atoms with Gasteiger partial charge < -0.3 is 5.73 Å². The normalized spacial score (nSPS) is 42.9. The molecule has 14 heavy (non-hydrogen) atoms. The van der Waals surface area contributed by atoms with Gasteiger partial charge in [0.15, 0.2) is 0 Å². The summed E-state index contributed by atoms with van der Waals surface area (Å²) < 4.78 is 37.5. The molecule has 1 nitrogen and oxygen atoms in total. The molecule has 2 aliphatic carbocycles. The molecule has 4 heteroatoms. The summed E-state index contributed by atoms with van der Waals surface area (Å²) in [5.74, 6) is -0.694. The van der Waals surface area contributed by atoms with Crippen molar-refractivity contribution in [1.82, 2.24) is 0 Å². The van der Waals surface area contributed by atoms with Crippen LogP contribution >= 0.6 is 0 Å². The van der Waals surface area contributed by atoms with Crippen molar-refractivity contribution in [3.63, 3.8) is 0 Å². The highest BCUT2D eigenvalue weighted by Crippen LogP contribution is 2.63. The molecule has 0 aromatic rings. The van der Waals surface area contributed by atoms with E-state index in [1.165, 1.54) is 0 Å². The van der Waals surface area contributed by atoms with E-state index >= 15 is 0 Å². The van der Waals surface area contributed by atoms with Crippen molar-refractivity contribution in [3.05, 3.63) is 0 Å². The molecule has 0 saturated heterocycles. The Kier molecular flexibility index (Phi) is 2.29. The molecule has 3 atom stereocenters. The number of alkyl halides is 3. The highest BCUT2D eigenvalue weighted by Gasteiger charge is 2.58. The summed E-state index contributed by atoms with van der Waals surface area (Å²) in [6.45, 7) is 0.560. The van der Waals surface area contributed by atoms with Gasteiger partial charge in [0, 0.05) is 0 Å². The minimum absolute atomic E-state index is 0.0206. The highest BCUT2D eigenvalue weighted by atomic mass is 19.4. The summed E-state index contributed by atoms with van der Waals surface area (Å²) in [6.07, 6.45) is -0.728. The minimum Gasteiger partial charge on any atom is -0.330 e. The third kappa shape index (κ3) is 1.64. The third-order valence-corrected chi connectivity index (χ3v) is 3.99. The maximum Gasteiger partial charge on any atom is 0.391 e. The molecule has 0 aromatic carbocycles. The lowest BCUT2D eigenvalue weighted by Crippen LogP contribution is -2.30. The predicted molar refractivity (Wildman–Crippen MR) is 47.6 cm³/mol. The molecule has 2 aliphatic rings. The van der Waals surface area contributed by atoms with Gasteiger partial charge in [-0.2, -0.15) is 13.2 Å². The maximum atomic E-state index is 12.5. The number of rotatable bonds is 1. The Morgan fingerprint density at radius 3 is 2.50 bits per heavy atom. The van der Waals surface area contributed by atoms with Crippen LogP contribution in [-0.4, -0.2) is 12.7 Å². The molecule has 0 bridgehead atoms. The summed E-state index contributed by atoms with van der Waals surface area (Å²) in [6, 6.07) is 0. The second-order valence-corrected chi connectivity index (χ2v) is 4.83. The summed E-state index contributed by atoms with van der Waals surface area (Å²) in [5.41, 5.74) is 5.49. The molecule has 0 radical (unpaired) electrons. The van der Waals surface area contributed by atoms with E-state index in [9.17, 15) is 13.2 Å². The van der Waals surface area contributed by atoms with Gasteiger partial charge in [0.25, 0.3) is 0 Å². The van der Waals surface area contributed by atoms with Crippen LogP contribution in [0.2, 0.25) is 0 Å². The Hall–Kier alpha value is -0.250. The molecule has 0 amide bonds. The van der Waals surface area contributed by atoms with Gasteiger partial charge in [-0.05, 0) is 43.6 Å². The Labute approximate surface area is 81.8 Å². The van der Waals surface area contributed by atoms with E-state index < -0.39 is 12.1 Å². The predicted octanol–water partition coefficient (Wildman–Crippen LogP) is 2.70. The van der Waals surface area contributed by atoms with Crippen LogP contribution in [-0.2, 0) is 0 Å². The Morgan fingerprint density at radius 2 is 2.00 bits per heavy atom. The van der Waals surface area contributed by atoms with Crippen molar-refractivity contribution in [1.29, 1.82) is 0 Å². The van der Waals surface area contributed by atoms with Gasteiger partial charge in [-0.1, -0.05) is 6.42 Å². The van der Waals surface area contributed by atoms with Crippen LogP contribution in [0.3, 0.4) is 0 Å². The highest BCUT2D eigenvalue weighted by molar-refractivity contribution is 5.05. The number of halogens is 3. The molecule has 1 spiro atoms. The fourth-order valence-corrected chi connectivity index (χ4v) is 3.00. The van der Waals surface area contributed by atoms with E-state index in [1.807, 2.05) is 0 Å². The SMILES string of the molecule is NCC1CC12CCCC(C(F)(F)F)C2. The summed E-state index contributed by atoms with van der Waals surface area (Å²) in [7, 11) is 0. The van der Waals surface area contributed by atoms with Crippen molar-refractivity contribution >= 4 is 0 Å². The first-order chi connectivity index (χ1) is 6.48. The van der Waals surface area contributed by atoms with Gasteiger partial charge >= 0.3 is 6.18 Å². The van der Waals surface area contributed by atoms with Gasteiger partial charge in [0.1, 0.15) is 0 Å². The molecular weight excluding hydrogens is 191 g/mol. The van der Waals surface area contributed by atoms with E-state index in [0.717, 1.165) is 19.3 Å². The summed E-state index contributed by atoms with van der Waals surface area (Å²) >= 11 is 0. The lowest BCUT2D eigenvalue weighted by Gasteiger charge is -2.31. The third-order valence-electron chi connectivity index (χ3n) is 3.99. The van der Waals surface area contributed by atoms with Crippen molar-refractivity contribution in [2.75, 3.05) is 6.54 Å².